The SMILES string of the molecule is CCC1CCC(C#N)(C2(O)CCC(C)c3ccccc32)C1. The molecule has 3 rings (SSSR count). The lowest BCUT2D eigenvalue weighted by Gasteiger charge is -2.46. The maximum atomic E-state index is 11.6. The Kier molecular flexibility index (Phi) is 3.58. The van der Waals surface area contributed by atoms with Crippen LogP contribution < -0.4 is 0 Å². The first kappa shape index (κ1) is 14.6. The summed E-state index contributed by atoms with van der Waals surface area (Å²) in [5.41, 5.74) is 0.696. The normalized spacial score (nSPS) is 38.8. The zero-order valence-corrected chi connectivity index (χ0v) is 13.1. The van der Waals surface area contributed by atoms with Crippen molar-refractivity contribution >= 4 is 0 Å². The Balaban J connectivity index is 2.09. The van der Waals surface area contributed by atoms with Gasteiger partial charge in [0.1, 0.15) is 5.60 Å². The molecule has 0 bridgehead atoms. The molecule has 0 aliphatic heterocycles. The Morgan fingerprint density at radius 3 is 2.71 bits per heavy atom. The molecular weight excluding hydrogens is 258 g/mol. The van der Waals surface area contributed by atoms with E-state index in [0.717, 1.165) is 44.1 Å². The predicted octanol–water partition coefficient (Wildman–Crippen LogP) is 4.49. The first-order chi connectivity index (χ1) is 10.1. The van der Waals surface area contributed by atoms with Crippen molar-refractivity contribution in [2.45, 2.75) is 63.9 Å². The molecule has 0 spiro atoms. The maximum absolute atomic E-state index is 11.6. The fraction of sp³-hybridized carbons (Fsp3) is 0.632. The summed E-state index contributed by atoms with van der Waals surface area (Å²) in [4.78, 5) is 0. The molecule has 1 saturated carbocycles. The van der Waals surface area contributed by atoms with E-state index in [1.807, 2.05) is 18.2 Å². The summed E-state index contributed by atoms with van der Waals surface area (Å²) >= 11 is 0. The van der Waals surface area contributed by atoms with Gasteiger partial charge in [0, 0.05) is 0 Å². The van der Waals surface area contributed by atoms with E-state index in [2.05, 4.69) is 26.0 Å². The number of rotatable bonds is 2. The minimum atomic E-state index is -0.964. The van der Waals surface area contributed by atoms with Gasteiger partial charge in [-0.05, 0) is 55.1 Å². The van der Waals surface area contributed by atoms with Crippen molar-refractivity contribution < 1.29 is 5.11 Å². The van der Waals surface area contributed by atoms with Crippen molar-refractivity contribution in [1.29, 1.82) is 5.26 Å². The van der Waals surface area contributed by atoms with Crippen molar-refractivity contribution in [2.75, 3.05) is 0 Å². The van der Waals surface area contributed by atoms with Crippen LogP contribution >= 0.6 is 0 Å². The van der Waals surface area contributed by atoms with E-state index in [1.54, 1.807) is 0 Å². The third kappa shape index (κ3) is 2.02. The number of aliphatic hydroxyl groups is 1. The molecule has 1 aromatic rings. The van der Waals surface area contributed by atoms with Gasteiger partial charge in [-0.1, -0.05) is 44.5 Å². The molecule has 112 valence electrons. The minimum Gasteiger partial charge on any atom is -0.383 e. The van der Waals surface area contributed by atoms with E-state index in [9.17, 15) is 10.4 Å². The van der Waals surface area contributed by atoms with Gasteiger partial charge in [-0.25, -0.2) is 0 Å². The number of nitriles is 1. The topological polar surface area (TPSA) is 44.0 Å². The van der Waals surface area contributed by atoms with Crippen LogP contribution in [0.3, 0.4) is 0 Å². The van der Waals surface area contributed by atoms with E-state index in [4.69, 9.17) is 0 Å². The van der Waals surface area contributed by atoms with Crippen LogP contribution in [0.1, 0.15) is 69.4 Å². The predicted molar refractivity (Wildman–Crippen MR) is 83.7 cm³/mol. The van der Waals surface area contributed by atoms with Gasteiger partial charge in [0.2, 0.25) is 0 Å². The highest BCUT2D eigenvalue weighted by atomic mass is 16.3. The summed E-state index contributed by atoms with van der Waals surface area (Å²) in [6, 6.07) is 10.8. The molecule has 2 aliphatic carbocycles. The van der Waals surface area contributed by atoms with Crippen molar-refractivity contribution in [2.24, 2.45) is 11.3 Å². The van der Waals surface area contributed by atoms with Crippen LogP contribution in [-0.4, -0.2) is 5.11 Å². The zero-order chi connectivity index (χ0) is 15.1. The molecule has 0 aromatic heterocycles. The molecule has 0 saturated heterocycles. The van der Waals surface area contributed by atoms with Crippen LogP contribution in [0.25, 0.3) is 0 Å². The van der Waals surface area contributed by atoms with Gasteiger partial charge in [-0.2, -0.15) is 5.26 Å². The molecule has 1 N–H and O–H groups in total. The second kappa shape index (κ2) is 5.14. The molecule has 4 atom stereocenters. The quantitative estimate of drug-likeness (QED) is 0.869. The number of nitrogens with zero attached hydrogens (tertiary/aromatic N) is 1. The van der Waals surface area contributed by atoms with Crippen molar-refractivity contribution in [3.8, 4) is 6.07 Å². The molecule has 2 aliphatic rings. The van der Waals surface area contributed by atoms with Crippen molar-refractivity contribution in [3.05, 3.63) is 35.4 Å². The first-order valence-electron chi connectivity index (χ1n) is 8.29. The van der Waals surface area contributed by atoms with Gasteiger partial charge in [0.25, 0.3) is 0 Å². The Labute approximate surface area is 127 Å². The largest absolute Gasteiger partial charge is 0.383 e. The van der Waals surface area contributed by atoms with Gasteiger partial charge in [-0.15, -0.1) is 0 Å². The standard InChI is InChI=1S/C19H25NO/c1-3-15-9-10-18(12-15,13-20)19(21)11-8-14(2)16-6-4-5-7-17(16)19/h4-7,14-15,21H,3,8-12H2,1-2H3. The van der Waals surface area contributed by atoms with Crippen molar-refractivity contribution in [1.82, 2.24) is 0 Å². The lowest BCUT2D eigenvalue weighted by molar-refractivity contribution is -0.0766. The Morgan fingerprint density at radius 2 is 2.05 bits per heavy atom. The summed E-state index contributed by atoms with van der Waals surface area (Å²) in [6.07, 6.45) is 5.55. The van der Waals surface area contributed by atoms with Gasteiger partial charge >= 0.3 is 0 Å². The van der Waals surface area contributed by atoms with Crippen LogP contribution in [0.2, 0.25) is 0 Å². The molecule has 4 unspecified atom stereocenters. The fourth-order valence-electron chi connectivity index (χ4n) is 4.58. The van der Waals surface area contributed by atoms with Gasteiger partial charge in [-0.3, -0.25) is 0 Å². The van der Waals surface area contributed by atoms with E-state index >= 15 is 0 Å². The lowest BCUT2D eigenvalue weighted by Crippen LogP contribution is -2.46. The molecule has 0 amide bonds. The summed E-state index contributed by atoms with van der Waals surface area (Å²) in [5.74, 6) is 1.06. The van der Waals surface area contributed by atoms with Crippen LogP contribution in [0, 0.1) is 22.7 Å². The van der Waals surface area contributed by atoms with Crippen LogP contribution in [-0.2, 0) is 5.60 Å². The van der Waals surface area contributed by atoms with E-state index in [1.165, 1.54) is 5.56 Å². The number of fused-ring (bicyclic) bond motifs is 1. The van der Waals surface area contributed by atoms with Gasteiger partial charge in [0.05, 0.1) is 11.5 Å². The molecule has 1 aromatic carbocycles. The average Bonchev–Trinajstić information content (AvgIpc) is 2.97. The zero-order valence-electron chi connectivity index (χ0n) is 13.1. The molecule has 2 heteroatoms. The molecule has 1 fully saturated rings. The monoisotopic (exact) mass is 283 g/mol. The van der Waals surface area contributed by atoms with Crippen LogP contribution in [0.4, 0.5) is 0 Å². The molecular formula is C19H25NO. The summed E-state index contributed by atoms with van der Waals surface area (Å²) in [6.45, 7) is 4.42. The molecule has 0 heterocycles. The van der Waals surface area contributed by atoms with E-state index in [0.29, 0.717) is 11.8 Å². The second-order valence-corrected chi connectivity index (χ2v) is 7.10. The van der Waals surface area contributed by atoms with Crippen molar-refractivity contribution in [3.63, 3.8) is 0 Å². The molecule has 21 heavy (non-hydrogen) atoms. The smallest absolute Gasteiger partial charge is 0.108 e. The van der Waals surface area contributed by atoms with E-state index in [-0.39, 0.29) is 0 Å². The second-order valence-electron chi connectivity index (χ2n) is 7.10. The summed E-state index contributed by atoms with van der Waals surface area (Å²) in [7, 11) is 0. The highest BCUT2D eigenvalue weighted by molar-refractivity contribution is 5.41. The summed E-state index contributed by atoms with van der Waals surface area (Å²) in [5, 5.41) is 21.5. The third-order valence-corrected chi connectivity index (χ3v) is 6.08. The molecule has 2 nitrogen and oxygen atoms in total. The lowest BCUT2D eigenvalue weighted by atomic mass is 9.60. The minimum absolute atomic E-state index is 0.473. The number of hydrogen-bond acceptors (Lipinski definition) is 2. The number of benzene rings is 1. The third-order valence-electron chi connectivity index (χ3n) is 6.08. The fourth-order valence-corrected chi connectivity index (χ4v) is 4.58. The Hall–Kier alpha value is -1.33. The van der Waals surface area contributed by atoms with E-state index < -0.39 is 11.0 Å². The Bertz CT molecular complexity index is 575. The van der Waals surface area contributed by atoms with Crippen LogP contribution in [0.15, 0.2) is 24.3 Å². The highest BCUT2D eigenvalue weighted by Gasteiger charge is 2.57. The Morgan fingerprint density at radius 1 is 1.29 bits per heavy atom. The number of hydrogen-bond donors (Lipinski definition) is 1. The summed E-state index contributed by atoms with van der Waals surface area (Å²) < 4.78 is 0. The van der Waals surface area contributed by atoms with Crippen LogP contribution in [0.5, 0.6) is 0 Å². The molecule has 0 radical (unpaired) electrons. The van der Waals surface area contributed by atoms with Gasteiger partial charge in [0.15, 0.2) is 0 Å². The highest BCUT2D eigenvalue weighted by Crippen LogP contribution is 2.58. The average molecular weight is 283 g/mol. The van der Waals surface area contributed by atoms with Gasteiger partial charge < -0.3 is 5.11 Å². The maximum Gasteiger partial charge on any atom is 0.108 e. The first-order valence-corrected chi connectivity index (χ1v) is 8.29.